The summed E-state index contributed by atoms with van der Waals surface area (Å²) in [7, 11) is 1.84. The van der Waals surface area contributed by atoms with Crippen molar-refractivity contribution >= 4 is 17.2 Å². The molecular weight excluding hydrogens is 284 g/mol. The van der Waals surface area contributed by atoms with E-state index in [4.69, 9.17) is 0 Å². The third-order valence-electron chi connectivity index (χ3n) is 3.85. The summed E-state index contributed by atoms with van der Waals surface area (Å²) in [6.45, 7) is 3.01. The van der Waals surface area contributed by atoms with Crippen LogP contribution in [0.1, 0.15) is 28.2 Å². The number of thiophene rings is 1. The van der Waals surface area contributed by atoms with Gasteiger partial charge in [0, 0.05) is 31.1 Å². The first-order chi connectivity index (χ1) is 10.2. The van der Waals surface area contributed by atoms with Gasteiger partial charge < -0.3 is 9.88 Å². The third kappa shape index (κ3) is 3.51. The minimum atomic E-state index is -0.0297. The molecule has 0 radical (unpaired) electrons. The van der Waals surface area contributed by atoms with Crippen molar-refractivity contribution in [2.45, 2.75) is 25.4 Å². The number of carbonyl (C=O) groups excluding carboxylic acids is 1. The number of hydrogen-bond donors (Lipinski definition) is 1. The number of rotatable bonds is 4. The predicted octanol–water partition coefficient (Wildman–Crippen LogP) is 1.88. The van der Waals surface area contributed by atoms with Gasteiger partial charge in [-0.25, -0.2) is 4.98 Å². The number of carbonyl (C=O) groups is 1. The lowest BCUT2D eigenvalue weighted by atomic mass is 10.1. The van der Waals surface area contributed by atoms with Gasteiger partial charge in [0.05, 0.1) is 12.5 Å². The topological polar surface area (TPSA) is 50.2 Å². The van der Waals surface area contributed by atoms with E-state index in [2.05, 4.69) is 32.7 Å². The van der Waals surface area contributed by atoms with Crippen molar-refractivity contribution in [3.8, 4) is 0 Å². The van der Waals surface area contributed by atoms with Gasteiger partial charge in [0.25, 0.3) is 5.91 Å². The molecule has 112 valence electrons. The van der Waals surface area contributed by atoms with Crippen LogP contribution in [0.15, 0.2) is 30.0 Å². The van der Waals surface area contributed by atoms with Gasteiger partial charge in [-0.2, -0.15) is 0 Å². The largest absolute Gasteiger partial charge is 0.347 e. The van der Waals surface area contributed by atoms with E-state index in [0.717, 1.165) is 32.5 Å². The van der Waals surface area contributed by atoms with E-state index in [0.29, 0.717) is 5.69 Å². The van der Waals surface area contributed by atoms with Gasteiger partial charge in [0.15, 0.2) is 0 Å². The quantitative estimate of drug-likeness (QED) is 0.938. The van der Waals surface area contributed by atoms with Crippen molar-refractivity contribution < 1.29 is 4.79 Å². The lowest BCUT2D eigenvalue weighted by Crippen LogP contribution is -2.47. The molecule has 0 spiro atoms. The van der Waals surface area contributed by atoms with Gasteiger partial charge in [0.2, 0.25) is 0 Å². The van der Waals surface area contributed by atoms with Crippen LogP contribution in [0.2, 0.25) is 0 Å². The van der Waals surface area contributed by atoms with Crippen LogP contribution in [0.4, 0.5) is 0 Å². The highest BCUT2D eigenvalue weighted by Crippen LogP contribution is 2.17. The standard InChI is InChI=1S/C15H20N4OS/c1-18-11-16-8-14(18)15(20)17-12-4-2-6-19(9-12)10-13-5-3-7-21-13/h3,5,7-8,11-12H,2,4,6,9-10H2,1H3,(H,17,20). The summed E-state index contributed by atoms with van der Waals surface area (Å²) in [4.78, 5) is 20.0. The first kappa shape index (κ1) is 14.3. The van der Waals surface area contributed by atoms with Crippen LogP contribution in [0, 0.1) is 0 Å². The molecule has 21 heavy (non-hydrogen) atoms. The summed E-state index contributed by atoms with van der Waals surface area (Å²) in [5.74, 6) is -0.0297. The maximum Gasteiger partial charge on any atom is 0.269 e. The van der Waals surface area contributed by atoms with Crippen LogP contribution in [0.5, 0.6) is 0 Å². The second-order valence-corrected chi connectivity index (χ2v) is 6.55. The smallest absolute Gasteiger partial charge is 0.269 e. The summed E-state index contributed by atoms with van der Waals surface area (Å²) in [5.41, 5.74) is 0.616. The number of likely N-dealkylation sites (tertiary alicyclic amines) is 1. The monoisotopic (exact) mass is 304 g/mol. The number of imidazole rings is 1. The van der Waals surface area contributed by atoms with Gasteiger partial charge >= 0.3 is 0 Å². The number of hydrogen-bond acceptors (Lipinski definition) is 4. The Kier molecular flexibility index (Phi) is 4.36. The van der Waals surface area contributed by atoms with Crippen molar-refractivity contribution in [2.75, 3.05) is 13.1 Å². The summed E-state index contributed by atoms with van der Waals surface area (Å²) < 4.78 is 1.75. The van der Waals surface area contributed by atoms with Crippen LogP contribution in [-0.2, 0) is 13.6 Å². The molecule has 2 aromatic rings. The molecule has 6 heteroatoms. The zero-order chi connectivity index (χ0) is 14.7. The number of aromatic nitrogens is 2. The summed E-state index contributed by atoms with van der Waals surface area (Å²) in [6.07, 6.45) is 5.44. The minimum absolute atomic E-state index is 0.0297. The molecule has 0 aromatic carbocycles. The summed E-state index contributed by atoms with van der Waals surface area (Å²) in [5, 5.41) is 5.25. The Morgan fingerprint density at radius 3 is 3.19 bits per heavy atom. The van der Waals surface area contributed by atoms with Gasteiger partial charge in [-0.3, -0.25) is 9.69 Å². The highest BCUT2D eigenvalue weighted by Gasteiger charge is 2.22. The SMILES string of the molecule is Cn1cncc1C(=O)NC1CCCN(Cc2cccs2)C1. The van der Waals surface area contributed by atoms with Crippen LogP contribution in [-0.4, -0.2) is 39.5 Å². The van der Waals surface area contributed by atoms with Gasteiger partial charge in [-0.05, 0) is 30.8 Å². The first-order valence-corrected chi connectivity index (χ1v) is 8.12. The molecule has 2 aromatic heterocycles. The van der Waals surface area contributed by atoms with Crippen molar-refractivity contribution in [2.24, 2.45) is 7.05 Å². The lowest BCUT2D eigenvalue weighted by molar-refractivity contribution is 0.0893. The number of nitrogens with zero attached hydrogens (tertiary/aromatic N) is 3. The first-order valence-electron chi connectivity index (χ1n) is 7.24. The van der Waals surface area contributed by atoms with E-state index in [1.54, 1.807) is 28.4 Å². The molecular formula is C15H20N4OS. The zero-order valence-electron chi connectivity index (χ0n) is 12.2. The van der Waals surface area contributed by atoms with Crippen molar-refractivity contribution in [3.63, 3.8) is 0 Å². The lowest BCUT2D eigenvalue weighted by Gasteiger charge is -2.32. The fraction of sp³-hybridized carbons (Fsp3) is 0.467. The van der Waals surface area contributed by atoms with E-state index in [1.807, 2.05) is 7.05 Å². The maximum absolute atomic E-state index is 12.2. The van der Waals surface area contributed by atoms with Crippen LogP contribution >= 0.6 is 11.3 Å². The molecule has 3 heterocycles. The zero-order valence-corrected chi connectivity index (χ0v) is 13.0. The minimum Gasteiger partial charge on any atom is -0.347 e. The van der Waals surface area contributed by atoms with Gasteiger partial charge in [-0.1, -0.05) is 6.07 Å². The molecule has 1 saturated heterocycles. The van der Waals surface area contributed by atoms with Crippen molar-refractivity contribution in [3.05, 3.63) is 40.6 Å². The third-order valence-corrected chi connectivity index (χ3v) is 4.71. The average Bonchev–Trinajstić information content (AvgIpc) is 3.10. The molecule has 1 aliphatic rings. The summed E-state index contributed by atoms with van der Waals surface area (Å²) in [6, 6.07) is 4.48. The highest BCUT2D eigenvalue weighted by atomic mass is 32.1. The number of piperidine rings is 1. The van der Waals surface area contributed by atoms with Gasteiger partial charge in [0.1, 0.15) is 5.69 Å². The van der Waals surface area contributed by atoms with E-state index < -0.39 is 0 Å². The molecule has 3 rings (SSSR count). The molecule has 5 nitrogen and oxygen atoms in total. The van der Waals surface area contributed by atoms with Crippen molar-refractivity contribution in [1.29, 1.82) is 0 Å². The Hall–Kier alpha value is -1.66. The van der Waals surface area contributed by atoms with E-state index >= 15 is 0 Å². The molecule has 1 unspecified atom stereocenters. The Bertz CT molecular complexity index is 593. The molecule has 1 amide bonds. The summed E-state index contributed by atoms with van der Waals surface area (Å²) >= 11 is 1.79. The molecule has 0 saturated carbocycles. The average molecular weight is 304 g/mol. The number of aryl methyl sites for hydroxylation is 1. The van der Waals surface area contributed by atoms with Crippen LogP contribution in [0.25, 0.3) is 0 Å². The highest BCUT2D eigenvalue weighted by molar-refractivity contribution is 7.09. The Morgan fingerprint density at radius 2 is 2.48 bits per heavy atom. The van der Waals surface area contributed by atoms with E-state index in [1.165, 1.54) is 4.88 Å². The fourth-order valence-corrected chi connectivity index (χ4v) is 3.52. The van der Waals surface area contributed by atoms with Crippen LogP contribution in [0.3, 0.4) is 0 Å². The fourth-order valence-electron chi connectivity index (χ4n) is 2.78. The van der Waals surface area contributed by atoms with E-state index in [-0.39, 0.29) is 11.9 Å². The Balaban J connectivity index is 1.56. The number of amides is 1. The van der Waals surface area contributed by atoms with Crippen LogP contribution < -0.4 is 5.32 Å². The molecule has 1 atom stereocenters. The second kappa shape index (κ2) is 6.41. The second-order valence-electron chi connectivity index (χ2n) is 5.52. The van der Waals surface area contributed by atoms with E-state index in [9.17, 15) is 4.79 Å². The Morgan fingerprint density at radius 1 is 1.57 bits per heavy atom. The molecule has 0 bridgehead atoms. The number of nitrogens with one attached hydrogen (secondary N) is 1. The molecule has 1 aliphatic heterocycles. The van der Waals surface area contributed by atoms with Gasteiger partial charge in [-0.15, -0.1) is 11.3 Å². The predicted molar refractivity (Wildman–Crippen MR) is 83.3 cm³/mol. The molecule has 1 fully saturated rings. The Labute approximate surface area is 128 Å². The molecule has 1 N–H and O–H groups in total. The molecule has 0 aliphatic carbocycles. The maximum atomic E-state index is 12.2. The normalized spacial score (nSPS) is 19.6. The van der Waals surface area contributed by atoms with Crippen molar-refractivity contribution in [1.82, 2.24) is 19.8 Å².